The van der Waals surface area contributed by atoms with Crippen molar-refractivity contribution in [2.45, 2.75) is 25.7 Å². The molecule has 0 N–H and O–H groups in total. The van der Waals surface area contributed by atoms with Gasteiger partial charge in [0.05, 0.1) is 5.69 Å². The zero-order chi connectivity index (χ0) is 12.7. The predicted molar refractivity (Wildman–Crippen MR) is 69.7 cm³/mol. The van der Waals surface area contributed by atoms with Gasteiger partial charge in [-0.1, -0.05) is 0 Å². The standard InChI is InChI=1S/C12H13BrN4O/c1-7-5-11(17(2)16-7)18-10-6-9(13)14-12(15-10)8-3-4-8/h5-6,8H,3-4H2,1-2H3. The lowest BCUT2D eigenvalue weighted by atomic mass is 10.4. The minimum atomic E-state index is 0.498. The zero-order valence-corrected chi connectivity index (χ0v) is 11.8. The Hall–Kier alpha value is -1.43. The Morgan fingerprint density at radius 3 is 2.72 bits per heavy atom. The summed E-state index contributed by atoms with van der Waals surface area (Å²) in [6.45, 7) is 1.93. The molecule has 3 rings (SSSR count). The summed E-state index contributed by atoms with van der Waals surface area (Å²) in [6.07, 6.45) is 2.33. The lowest BCUT2D eigenvalue weighted by Crippen LogP contribution is -1.99. The Morgan fingerprint density at radius 2 is 2.11 bits per heavy atom. The van der Waals surface area contributed by atoms with Gasteiger partial charge in [0.15, 0.2) is 0 Å². The first-order valence-corrected chi connectivity index (χ1v) is 6.64. The quantitative estimate of drug-likeness (QED) is 0.818. The van der Waals surface area contributed by atoms with Crippen LogP contribution < -0.4 is 4.74 Å². The highest BCUT2D eigenvalue weighted by atomic mass is 79.9. The number of aryl methyl sites for hydroxylation is 2. The summed E-state index contributed by atoms with van der Waals surface area (Å²) in [5.41, 5.74) is 0.919. The normalized spacial score (nSPS) is 14.8. The molecule has 0 spiro atoms. The van der Waals surface area contributed by atoms with Crippen molar-refractivity contribution in [1.82, 2.24) is 19.7 Å². The van der Waals surface area contributed by atoms with Crippen LogP contribution in [0.15, 0.2) is 16.7 Å². The van der Waals surface area contributed by atoms with Crippen molar-refractivity contribution >= 4 is 15.9 Å². The van der Waals surface area contributed by atoms with E-state index in [1.807, 2.05) is 20.0 Å². The van der Waals surface area contributed by atoms with Gasteiger partial charge in [0.2, 0.25) is 11.8 Å². The van der Waals surface area contributed by atoms with Gasteiger partial charge in [-0.2, -0.15) is 10.1 Å². The molecule has 0 unspecified atom stereocenters. The Bertz CT molecular complexity index is 592. The topological polar surface area (TPSA) is 52.8 Å². The summed E-state index contributed by atoms with van der Waals surface area (Å²) in [6, 6.07) is 3.65. The van der Waals surface area contributed by atoms with E-state index in [1.165, 1.54) is 12.8 Å². The predicted octanol–water partition coefficient (Wildman–Crippen LogP) is 2.95. The zero-order valence-electron chi connectivity index (χ0n) is 10.2. The molecule has 1 aliphatic rings. The highest BCUT2D eigenvalue weighted by molar-refractivity contribution is 9.10. The first-order valence-electron chi connectivity index (χ1n) is 5.85. The maximum absolute atomic E-state index is 5.75. The molecule has 0 atom stereocenters. The van der Waals surface area contributed by atoms with Crippen LogP contribution in [0.4, 0.5) is 0 Å². The largest absolute Gasteiger partial charge is 0.421 e. The molecule has 1 fully saturated rings. The van der Waals surface area contributed by atoms with E-state index in [0.717, 1.165) is 16.1 Å². The number of hydrogen-bond acceptors (Lipinski definition) is 4. The third-order valence-corrected chi connectivity index (χ3v) is 3.21. The van der Waals surface area contributed by atoms with Gasteiger partial charge in [0.25, 0.3) is 0 Å². The van der Waals surface area contributed by atoms with E-state index in [4.69, 9.17) is 4.74 Å². The number of nitrogens with zero attached hydrogens (tertiary/aromatic N) is 4. The summed E-state index contributed by atoms with van der Waals surface area (Å²) < 4.78 is 8.20. The molecule has 1 aliphatic carbocycles. The number of rotatable bonds is 3. The number of aromatic nitrogens is 4. The average molecular weight is 309 g/mol. The summed E-state index contributed by atoms with van der Waals surface area (Å²) >= 11 is 3.39. The number of ether oxygens (including phenoxy) is 1. The molecule has 2 aromatic heterocycles. The molecule has 1 saturated carbocycles. The first kappa shape index (κ1) is 11.6. The van der Waals surface area contributed by atoms with Crippen LogP contribution >= 0.6 is 15.9 Å². The van der Waals surface area contributed by atoms with E-state index in [-0.39, 0.29) is 0 Å². The smallest absolute Gasteiger partial charge is 0.225 e. The molecule has 2 aromatic rings. The van der Waals surface area contributed by atoms with Crippen molar-refractivity contribution in [3.63, 3.8) is 0 Å². The second kappa shape index (κ2) is 4.35. The molecule has 2 heterocycles. The fourth-order valence-electron chi connectivity index (χ4n) is 1.78. The SMILES string of the molecule is Cc1cc(Oc2cc(Br)nc(C3CC3)n2)n(C)n1. The van der Waals surface area contributed by atoms with Crippen LogP contribution in [0.25, 0.3) is 0 Å². The Morgan fingerprint density at radius 1 is 1.33 bits per heavy atom. The van der Waals surface area contributed by atoms with E-state index < -0.39 is 0 Å². The summed E-state index contributed by atoms with van der Waals surface area (Å²) in [4.78, 5) is 8.81. The van der Waals surface area contributed by atoms with Gasteiger partial charge in [0, 0.05) is 25.1 Å². The van der Waals surface area contributed by atoms with Gasteiger partial charge in [-0.3, -0.25) is 0 Å². The van der Waals surface area contributed by atoms with Crippen LogP contribution in [0.1, 0.15) is 30.3 Å². The molecule has 0 amide bonds. The Kier molecular flexibility index (Phi) is 2.81. The van der Waals surface area contributed by atoms with Gasteiger partial charge in [-0.15, -0.1) is 0 Å². The minimum absolute atomic E-state index is 0.498. The van der Waals surface area contributed by atoms with Crippen LogP contribution in [-0.4, -0.2) is 19.7 Å². The van der Waals surface area contributed by atoms with E-state index in [0.29, 0.717) is 17.7 Å². The Labute approximate surface area is 113 Å². The van der Waals surface area contributed by atoms with E-state index >= 15 is 0 Å². The molecule has 0 aliphatic heterocycles. The summed E-state index contributed by atoms with van der Waals surface area (Å²) in [5, 5.41) is 4.24. The molecule has 0 aromatic carbocycles. The van der Waals surface area contributed by atoms with E-state index in [9.17, 15) is 0 Å². The highest BCUT2D eigenvalue weighted by Crippen LogP contribution is 2.39. The maximum Gasteiger partial charge on any atom is 0.225 e. The molecule has 0 bridgehead atoms. The molecular formula is C12H13BrN4O. The third-order valence-electron chi connectivity index (χ3n) is 2.80. The summed E-state index contributed by atoms with van der Waals surface area (Å²) in [5.74, 6) is 2.60. The highest BCUT2D eigenvalue weighted by Gasteiger charge is 2.27. The van der Waals surface area contributed by atoms with Crippen LogP contribution in [0.5, 0.6) is 11.8 Å². The van der Waals surface area contributed by atoms with E-state index in [2.05, 4.69) is 31.0 Å². The van der Waals surface area contributed by atoms with Gasteiger partial charge in [0.1, 0.15) is 10.4 Å². The number of hydrogen-bond donors (Lipinski definition) is 0. The second-order valence-electron chi connectivity index (χ2n) is 4.51. The first-order chi connectivity index (χ1) is 8.61. The van der Waals surface area contributed by atoms with Gasteiger partial charge >= 0.3 is 0 Å². The monoisotopic (exact) mass is 308 g/mol. The number of halogens is 1. The minimum Gasteiger partial charge on any atom is -0.421 e. The second-order valence-corrected chi connectivity index (χ2v) is 5.32. The van der Waals surface area contributed by atoms with Crippen molar-refractivity contribution < 1.29 is 4.74 Å². The molecule has 5 nitrogen and oxygen atoms in total. The van der Waals surface area contributed by atoms with Crippen molar-refractivity contribution in [3.05, 3.63) is 28.3 Å². The van der Waals surface area contributed by atoms with Crippen LogP contribution in [0.2, 0.25) is 0 Å². The third kappa shape index (κ3) is 2.38. The maximum atomic E-state index is 5.75. The van der Waals surface area contributed by atoms with Crippen molar-refractivity contribution in [2.75, 3.05) is 0 Å². The van der Waals surface area contributed by atoms with Gasteiger partial charge < -0.3 is 4.74 Å². The fourth-order valence-corrected chi connectivity index (χ4v) is 2.16. The molecular weight excluding hydrogens is 296 g/mol. The van der Waals surface area contributed by atoms with Gasteiger partial charge in [-0.25, -0.2) is 9.67 Å². The van der Waals surface area contributed by atoms with Crippen molar-refractivity contribution in [2.24, 2.45) is 7.05 Å². The van der Waals surface area contributed by atoms with E-state index in [1.54, 1.807) is 10.7 Å². The average Bonchev–Trinajstić information content (AvgIpc) is 3.06. The fraction of sp³-hybridized carbons (Fsp3) is 0.417. The van der Waals surface area contributed by atoms with Crippen LogP contribution in [-0.2, 0) is 7.05 Å². The molecule has 6 heteroatoms. The Balaban J connectivity index is 1.89. The molecule has 18 heavy (non-hydrogen) atoms. The van der Waals surface area contributed by atoms with Crippen molar-refractivity contribution in [3.8, 4) is 11.8 Å². The molecule has 0 radical (unpaired) electrons. The lowest BCUT2D eigenvalue weighted by Gasteiger charge is -2.06. The molecule has 0 saturated heterocycles. The van der Waals surface area contributed by atoms with Gasteiger partial charge in [-0.05, 0) is 35.7 Å². The lowest BCUT2D eigenvalue weighted by molar-refractivity contribution is 0.412. The van der Waals surface area contributed by atoms with Crippen molar-refractivity contribution in [1.29, 1.82) is 0 Å². The summed E-state index contributed by atoms with van der Waals surface area (Å²) in [7, 11) is 1.85. The van der Waals surface area contributed by atoms with Crippen LogP contribution in [0, 0.1) is 6.92 Å². The van der Waals surface area contributed by atoms with Crippen LogP contribution in [0.3, 0.4) is 0 Å². The molecule has 94 valence electrons.